The number of aromatic nitrogens is 2. The largest absolute Gasteiger partial charge is 0.497 e. The van der Waals surface area contributed by atoms with Gasteiger partial charge in [-0.25, -0.2) is 10.1 Å². The highest BCUT2D eigenvalue weighted by atomic mass is 16.5. The molecular weight excluding hydrogens is 390 g/mol. The second-order valence-electron chi connectivity index (χ2n) is 6.76. The van der Waals surface area contributed by atoms with E-state index in [1.807, 2.05) is 60.8 Å². The molecule has 3 aromatic carbocycles. The Hall–Kier alpha value is -4.39. The summed E-state index contributed by atoms with van der Waals surface area (Å²) < 4.78 is 7.02. The monoisotopic (exact) mass is 411 g/mol. The van der Waals surface area contributed by atoms with Crippen LogP contribution in [0.25, 0.3) is 16.9 Å². The van der Waals surface area contributed by atoms with Gasteiger partial charge in [0, 0.05) is 28.6 Å². The minimum atomic E-state index is -0.322. The van der Waals surface area contributed by atoms with Gasteiger partial charge in [-0.2, -0.15) is 10.2 Å². The second kappa shape index (κ2) is 8.96. The first-order valence-corrected chi connectivity index (χ1v) is 9.62. The number of nitrogens with zero attached hydrogens (tertiary/aromatic N) is 3. The van der Waals surface area contributed by atoms with Crippen LogP contribution in [0, 0.1) is 0 Å². The molecule has 0 fully saturated rings. The van der Waals surface area contributed by atoms with Crippen molar-refractivity contribution in [2.45, 2.75) is 0 Å². The first-order chi connectivity index (χ1) is 15.1. The molecule has 0 unspecified atom stereocenters. The molecule has 4 aromatic rings. The van der Waals surface area contributed by atoms with Crippen LogP contribution in [0.5, 0.6) is 5.75 Å². The van der Waals surface area contributed by atoms with Gasteiger partial charge in [-0.3, -0.25) is 4.79 Å². The maximum atomic E-state index is 12.3. The van der Waals surface area contributed by atoms with Gasteiger partial charge in [-0.15, -0.1) is 0 Å². The van der Waals surface area contributed by atoms with E-state index in [0.29, 0.717) is 11.3 Å². The van der Waals surface area contributed by atoms with E-state index >= 15 is 0 Å². The lowest BCUT2D eigenvalue weighted by Gasteiger charge is -2.03. The Labute approximate surface area is 179 Å². The highest BCUT2D eigenvalue weighted by Gasteiger charge is 2.12. The molecule has 0 spiro atoms. The Morgan fingerprint density at radius 2 is 1.74 bits per heavy atom. The van der Waals surface area contributed by atoms with Gasteiger partial charge in [0.25, 0.3) is 5.91 Å². The number of hydrazone groups is 1. The van der Waals surface area contributed by atoms with Crippen LogP contribution in [0.2, 0.25) is 0 Å². The number of ether oxygens (including phenoxy) is 1. The van der Waals surface area contributed by atoms with Crippen LogP contribution in [-0.4, -0.2) is 29.0 Å². The highest BCUT2D eigenvalue weighted by molar-refractivity contribution is 5.96. The summed E-state index contributed by atoms with van der Waals surface area (Å²) in [6.45, 7) is 0. The average Bonchev–Trinajstić information content (AvgIpc) is 3.24. The number of methoxy groups -OCH3 is 1. The summed E-state index contributed by atoms with van der Waals surface area (Å²) in [7, 11) is 1.63. The maximum Gasteiger partial charge on any atom is 0.271 e. The molecule has 0 aliphatic rings. The second-order valence-corrected chi connectivity index (χ2v) is 6.76. The summed E-state index contributed by atoms with van der Waals surface area (Å²) in [5, 5.41) is 8.86. The number of amides is 1. The minimum Gasteiger partial charge on any atom is -0.497 e. The lowest BCUT2D eigenvalue weighted by Crippen LogP contribution is -2.17. The molecule has 0 atom stereocenters. The number of nitrogen functional groups attached to an aromatic ring is 1. The molecule has 1 aromatic heterocycles. The Kier molecular flexibility index (Phi) is 5.75. The Morgan fingerprint density at radius 1 is 1.03 bits per heavy atom. The van der Waals surface area contributed by atoms with Crippen LogP contribution in [0.4, 0.5) is 5.69 Å². The number of hydrogen-bond donors (Lipinski definition) is 2. The smallest absolute Gasteiger partial charge is 0.271 e. The number of nitrogens with one attached hydrogen (secondary N) is 1. The summed E-state index contributed by atoms with van der Waals surface area (Å²) >= 11 is 0. The zero-order valence-corrected chi connectivity index (χ0v) is 16.9. The molecule has 4 rings (SSSR count). The lowest BCUT2D eigenvalue weighted by molar-refractivity contribution is 0.0955. The first kappa shape index (κ1) is 19.9. The van der Waals surface area contributed by atoms with Crippen LogP contribution in [-0.2, 0) is 0 Å². The molecule has 1 amide bonds. The van der Waals surface area contributed by atoms with Crippen molar-refractivity contribution >= 4 is 17.8 Å². The van der Waals surface area contributed by atoms with E-state index in [9.17, 15) is 4.79 Å². The topological polar surface area (TPSA) is 94.5 Å². The van der Waals surface area contributed by atoms with Gasteiger partial charge >= 0.3 is 0 Å². The summed E-state index contributed by atoms with van der Waals surface area (Å²) in [5.74, 6) is 0.440. The van der Waals surface area contributed by atoms with Crippen LogP contribution in [0.15, 0.2) is 90.2 Å². The van der Waals surface area contributed by atoms with Gasteiger partial charge in [0.2, 0.25) is 0 Å². The predicted octanol–water partition coefficient (Wildman–Crippen LogP) is 3.89. The molecule has 154 valence electrons. The summed E-state index contributed by atoms with van der Waals surface area (Å²) in [6.07, 6.45) is 3.45. The average molecular weight is 411 g/mol. The number of carbonyl (C=O) groups excluding carboxylic acids is 1. The third-order valence-electron chi connectivity index (χ3n) is 4.67. The Morgan fingerprint density at radius 3 is 2.42 bits per heavy atom. The molecule has 0 radical (unpaired) electrons. The van der Waals surface area contributed by atoms with E-state index in [1.54, 1.807) is 42.3 Å². The van der Waals surface area contributed by atoms with Gasteiger partial charge in [-0.1, -0.05) is 18.2 Å². The third kappa shape index (κ3) is 4.62. The van der Waals surface area contributed by atoms with Crippen LogP contribution < -0.4 is 15.9 Å². The Balaban J connectivity index is 1.63. The van der Waals surface area contributed by atoms with Crippen molar-refractivity contribution in [2.24, 2.45) is 5.10 Å². The van der Waals surface area contributed by atoms with E-state index in [1.165, 1.54) is 0 Å². The van der Waals surface area contributed by atoms with Gasteiger partial charge in [0.1, 0.15) is 11.4 Å². The van der Waals surface area contributed by atoms with Gasteiger partial charge in [-0.05, 0) is 60.7 Å². The number of nitrogens with two attached hydrogens (primary N) is 1. The first-order valence-electron chi connectivity index (χ1n) is 9.62. The Bertz CT molecular complexity index is 1200. The summed E-state index contributed by atoms with van der Waals surface area (Å²) in [4.78, 5) is 12.3. The molecule has 0 aliphatic carbocycles. The molecule has 7 nitrogen and oxygen atoms in total. The van der Waals surface area contributed by atoms with Crippen LogP contribution in [0.3, 0.4) is 0 Å². The SMILES string of the molecule is COc1ccc(-c2nn(-c3ccccc3)cc2/C=N/NC(=O)c2ccc(N)cc2)cc1. The van der Waals surface area contributed by atoms with Crippen molar-refractivity contribution in [1.82, 2.24) is 15.2 Å². The maximum absolute atomic E-state index is 12.3. The van der Waals surface area contributed by atoms with Gasteiger partial charge < -0.3 is 10.5 Å². The van der Waals surface area contributed by atoms with Crippen molar-refractivity contribution in [3.05, 3.63) is 96.2 Å². The van der Waals surface area contributed by atoms with E-state index in [0.717, 1.165) is 28.3 Å². The standard InChI is InChI=1S/C24H21N5O2/c1-31-22-13-9-17(10-14-22)23-19(16-29(28-23)21-5-3-2-4-6-21)15-26-27-24(30)18-7-11-20(25)12-8-18/h2-16H,25H2,1H3,(H,27,30)/b26-15+. The minimum absolute atomic E-state index is 0.322. The van der Waals surface area contributed by atoms with Crippen molar-refractivity contribution in [1.29, 1.82) is 0 Å². The van der Waals surface area contributed by atoms with Crippen molar-refractivity contribution in [3.63, 3.8) is 0 Å². The van der Waals surface area contributed by atoms with E-state index in [4.69, 9.17) is 15.6 Å². The van der Waals surface area contributed by atoms with Crippen LogP contribution >= 0.6 is 0 Å². The van der Waals surface area contributed by atoms with Crippen molar-refractivity contribution in [3.8, 4) is 22.7 Å². The van der Waals surface area contributed by atoms with E-state index in [2.05, 4.69) is 10.5 Å². The highest BCUT2D eigenvalue weighted by Crippen LogP contribution is 2.25. The molecule has 7 heteroatoms. The molecule has 0 saturated heterocycles. The quantitative estimate of drug-likeness (QED) is 0.286. The normalized spacial score (nSPS) is 10.9. The molecular formula is C24H21N5O2. The summed E-state index contributed by atoms with van der Waals surface area (Å²) in [6, 6.07) is 24.0. The fraction of sp³-hybridized carbons (Fsp3) is 0.0417. The van der Waals surface area contributed by atoms with Crippen LogP contribution in [0.1, 0.15) is 15.9 Å². The number of rotatable bonds is 6. The molecule has 0 aliphatic heterocycles. The fourth-order valence-corrected chi connectivity index (χ4v) is 3.03. The summed E-state index contributed by atoms with van der Waals surface area (Å²) in [5.41, 5.74) is 12.6. The molecule has 3 N–H and O–H groups in total. The molecule has 0 saturated carbocycles. The lowest BCUT2D eigenvalue weighted by atomic mass is 10.1. The predicted molar refractivity (Wildman–Crippen MR) is 121 cm³/mol. The fourth-order valence-electron chi connectivity index (χ4n) is 3.03. The van der Waals surface area contributed by atoms with E-state index in [-0.39, 0.29) is 5.91 Å². The van der Waals surface area contributed by atoms with E-state index < -0.39 is 0 Å². The number of carbonyl (C=O) groups is 1. The molecule has 31 heavy (non-hydrogen) atoms. The molecule has 1 heterocycles. The number of para-hydroxylation sites is 1. The van der Waals surface area contributed by atoms with Crippen molar-refractivity contribution in [2.75, 3.05) is 12.8 Å². The van der Waals surface area contributed by atoms with Crippen molar-refractivity contribution < 1.29 is 9.53 Å². The van der Waals surface area contributed by atoms with Gasteiger partial charge in [0.15, 0.2) is 0 Å². The molecule has 0 bridgehead atoms. The zero-order valence-electron chi connectivity index (χ0n) is 16.9. The number of benzene rings is 3. The number of hydrogen-bond acceptors (Lipinski definition) is 5. The third-order valence-corrected chi connectivity index (χ3v) is 4.67. The number of anilines is 1. The van der Waals surface area contributed by atoms with Gasteiger partial charge in [0.05, 0.1) is 19.0 Å². The zero-order chi connectivity index (χ0) is 21.6.